The maximum Gasteiger partial charge on any atom is 0.134 e. The van der Waals surface area contributed by atoms with Gasteiger partial charge >= 0.3 is 0 Å². The monoisotopic (exact) mass is 314 g/mol. The largest absolute Gasteiger partial charge is 0.456 e. The Kier molecular flexibility index (Phi) is 6.10. The van der Waals surface area contributed by atoms with E-state index < -0.39 is 0 Å². The van der Waals surface area contributed by atoms with E-state index in [1.54, 1.807) is 12.1 Å². The molecule has 1 nitrogen and oxygen atoms in total. The van der Waals surface area contributed by atoms with Gasteiger partial charge < -0.3 is 4.74 Å². The van der Waals surface area contributed by atoms with E-state index in [9.17, 15) is 8.78 Å². The van der Waals surface area contributed by atoms with Crippen LogP contribution in [0.15, 0.2) is 48.6 Å². The van der Waals surface area contributed by atoms with Crippen molar-refractivity contribution >= 4 is 12.2 Å². The summed E-state index contributed by atoms with van der Waals surface area (Å²) in [5.41, 5.74) is 1.31. The third-order valence-electron chi connectivity index (χ3n) is 3.23. The Labute approximate surface area is 135 Å². The van der Waals surface area contributed by atoms with Gasteiger partial charge in [0.25, 0.3) is 0 Å². The molecular weight excluding hydrogens is 294 g/mol. The molecule has 0 saturated carbocycles. The fourth-order valence-corrected chi connectivity index (χ4v) is 2.09. The Bertz CT molecular complexity index is 656. The fourth-order valence-electron chi connectivity index (χ4n) is 2.09. The highest BCUT2D eigenvalue weighted by molar-refractivity contribution is 5.61. The summed E-state index contributed by atoms with van der Waals surface area (Å²) in [7, 11) is 0. The molecule has 2 aromatic rings. The van der Waals surface area contributed by atoms with Gasteiger partial charge in [-0.25, -0.2) is 8.78 Å². The summed E-state index contributed by atoms with van der Waals surface area (Å²) < 4.78 is 32.8. The molecule has 0 aliphatic heterocycles. The average Bonchev–Trinajstić information content (AvgIpc) is 2.54. The lowest BCUT2D eigenvalue weighted by molar-refractivity contribution is 0.476. The maximum atomic E-state index is 13.5. The molecule has 0 aromatic heterocycles. The summed E-state index contributed by atoms with van der Waals surface area (Å²) >= 11 is 0. The van der Waals surface area contributed by atoms with Crippen LogP contribution in [0.4, 0.5) is 8.78 Å². The molecule has 0 atom stereocenters. The minimum atomic E-state index is -0.321. The quantitative estimate of drug-likeness (QED) is 0.583. The number of hydrogen-bond donors (Lipinski definition) is 0. The summed E-state index contributed by atoms with van der Waals surface area (Å²) in [6.07, 6.45) is 9.20. The molecule has 0 aliphatic rings. The van der Waals surface area contributed by atoms with E-state index in [0.717, 1.165) is 12.8 Å². The van der Waals surface area contributed by atoms with Crippen LogP contribution in [0.3, 0.4) is 0 Å². The summed E-state index contributed by atoms with van der Waals surface area (Å²) in [6, 6.07) is 8.72. The molecule has 0 saturated heterocycles. The Morgan fingerprint density at radius 2 is 1.22 bits per heavy atom. The zero-order valence-electron chi connectivity index (χ0n) is 13.4. The first kappa shape index (κ1) is 16.9. The van der Waals surface area contributed by atoms with Crippen molar-refractivity contribution in [3.05, 3.63) is 71.3 Å². The molecule has 120 valence electrons. The van der Waals surface area contributed by atoms with E-state index in [4.69, 9.17) is 4.74 Å². The van der Waals surface area contributed by atoms with Gasteiger partial charge in [0, 0.05) is 11.1 Å². The zero-order chi connectivity index (χ0) is 16.7. The maximum absolute atomic E-state index is 13.5. The molecule has 23 heavy (non-hydrogen) atoms. The first-order chi connectivity index (χ1) is 11.1. The van der Waals surface area contributed by atoms with Crippen LogP contribution >= 0.6 is 0 Å². The average molecular weight is 314 g/mol. The first-order valence-corrected chi connectivity index (χ1v) is 7.74. The van der Waals surface area contributed by atoms with Gasteiger partial charge in [-0.1, -0.05) is 38.2 Å². The summed E-state index contributed by atoms with van der Waals surface area (Å²) in [5.74, 6) is 0.430. The Hall–Kier alpha value is -2.42. The van der Waals surface area contributed by atoms with Crippen LogP contribution in [0.5, 0.6) is 11.5 Å². The first-order valence-electron chi connectivity index (χ1n) is 7.74. The number of rotatable bonds is 6. The van der Waals surface area contributed by atoms with Gasteiger partial charge in [0.2, 0.25) is 0 Å². The van der Waals surface area contributed by atoms with E-state index in [-0.39, 0.29) is 11.6 Å². The SMILES string of the molecule is CC/C=C/c1cc(F)ccc1Oc1ccc(F)cc1/C=C/CC. The zero-order valence-corrected chi connectivity index (χ0v) is 13.4. The van der Waals surface area contributed by atoms with Gasteiger partial charge in [-0.05, 0) is 49.2 Å². The number of halogens is 2. The predicted molar refractivity (Wildman–Crippen MR) is 91.5 cm³/mol. The molecular formula is C20H20F2O. The van der Waals surface area contributed by atoms with Gasteiger partial charge in [0.05, 0.1) is 0 Å². The minimum absolute atomic E-state index is 0.321. The van der Waals surface area contributed by atoms with Crippen LogP contribution in [0.2, 0.25) is 0 Å². The van der Waals surface area contributed by atoms with Crippen molar-refractivity contribution < 1.29 is 13.5 Å². The Morgan fingerprint density at radius 1 is 0.783 bits per heavy atom. The highest BCUT2D eigenvalue weighted by Gasteiger charge is 2.08. The molecule has 0 fully saturated rings. The molecule has 0 amide bonds. The highest BCUT2D eigenvalue weighted by Crippen LogP contribution is 2.31. The smallest absolute Gasteiger partial charge is 0.134 e. The Balaban J connectivity index is 2.39. The molecule has 0 spiro atoms. The van der Waals surface area contributed by atoms with Crippen molar-refractivity contribution in [3.8, 4) is 11.5 Å². The van der Waals surface area contributed by atoms with Crippen LogP contribution in [0, 0.1) is 11.6 Å². The molecule has 0 radical (unpaired) electrons. The highest BCUT2D eigenvalue weighted by atomic mass is 19.1. The third-order valence-corrected chi connectivity index (χ3v) is 3.23. The van der Waals surface area contributed by atoms with Crippen LogP contribution in [-0.2, 0) is 0 Å². The minimum Gasteiger partial charge on any atom is -0.456 e. The molecule has 0 heterocycles. The number of allylic oxidation sites excluding steroid dienone is 2. The second kappa shape index (κ2) is 8.28. The van der Waals surface area contributed by atoms with Crippen LogP contribution in [0.1, 0.15) is 37.8 Å². The van der Waals surface area contributed by atoms with Crippen molar-refractivity contribution in [3.63, 3.8) is 0 Å². The van der Waals surface area contributed by atoms with E-state index in [0.29, 0.717) is 22.6 Å². The lowest BCUT2D eigenvalue weighted by Crippen LogP contribution is -1.92. The molecule has 2 aromatic carbocycles. The van der Waals surface area contributed by atoms with Crippen molar-refractivity contribution in [2.45, 2.75) is 26.7 Å². The van der Waals surface area contributed by atoms with Crippen molar-refractivity contribution in [1.82, 2.24) is 0 Å². The van der Waals surface area contributed by atoms with E-state index in [1.165, 1.54) is 24.3 Å². The predicted octanol–water partition coefficient (Wildman–Crippen LogP) is 6.60. The molecule has 2 rings (SSSR count). The molecule has 0 bridgehead atoms. The normalized spacial score (nSPS) is 11.5. The van der Waals surface area contributed by atoms with Gasteiger partial charge in [0.1, 0.15) is 23.1 Å². The van der Waals surface area contributed by atoms with Crippen molar-refractivity contribution in [2.75, 3.05) is 0 Å². The third kappa shape index (κ3) is 4.78. The standard InChI is InChI=1S/C20H20F2O/c1-3-5-7-15-13-17(21)9-11-19(15)23-20-12-10-18(22)14-16(20)8-6-4-2/h5-14H,3-4H2,1-2H3/b7-5+,8-6+. The van der Waals surface area contributed by atoms with Crippen LogP contribution in [0.25, 0.3) is 12.2 Å². The second-order valence-electron chi connectivity index (χ2n) is 5.09. The number of hydrogen-bond acceptors (Lipinski definition) is 1. The second-order valence-corrected chi connectivity index (χ2v) is 5.09. The van der Waals surface area contributed by atoms with Gasteiger partial charge in [-0.2, -0.15) is 0 Å². The lowest BCUT2D eigenvalue weighted by atomic mass is 10.1. The number of ether oxygens (including phenoxy) is 1. The molecule has 0 unspecified atom stereocenters. The number of benzene rings is 2. The van der Waals surface area contributed by atoms with Gasteiger partial charge in [-0.15, -0.1) is 0 Å². The van der Waals surface area contributed by atoms with Crippen LogP contribution < -0.4 is 4.74 Å². The summed E-state index contributed by atoms with van der Waals surface area (Å²) in [6.45, 7) is 4.01. The van der Waals surface area contributed by atoms with E-state index in [1.807, 2.05) is 38.2 Å². The van der Waals surface area contributed by atoms with Crippen molar-refractivity contribution in [2.24, 2.45) is 0 Å². The molecule has 0 N–H and O–H groups in total. The summed E-state index contributed by atoms with van der Waals surface area (Å²) in [4.78, 5) is 0. The lowest BCUT2D eigenvalue weighted by Gasteiger charge is -2.12. The van der Waals surface area contributed by atoms with Crippen molar-refractivity contribution in [1.29, 1.82) is 0 Å². The Morgan fingerprint density at radius 3 is 1.61 bits per heavy atom. The van der Waals surface area contributed by atoms with E-state index in [2.05, 4.69) is 0 Å². The van der Waals surface area contributed by atoms with Gasteiger partial charge in [-0.3, -0.25) is 0 Å². The summed E-state index contributed by atoms with van der Waals surface area (Å²) in [5, 5.41) is 0. The van der Waals surface area contributed by atoms with Crippen LogP contribution in [-0.4, -0.2) is 0 Å². The van der Waals surface area contributed by atoms with E-state index >= 15 is 0 Å². The topological polar surface area (TPSA) is 9.23 Å². The molecule has 0 aliphatic carbocycles. The molecule has 3 heteroatoms. The fraction of sp³-hybridized carbons (Fsp3) is 0.200. The van der Waals surface area contributed by atoms with Gasteiger partial charge in [0.15, 0.2) is 0 Å².